The molecule has 2 atom stereocenters. The molecule has 6 heteroatoms. The summed E-state index contributed by atoms with van der Waals surface area (Å²) in [6.45, 7) is 4.72. The second-order valence-electron chi connectivity index (χ2n) is 6.40. The van der Waals surface area contributed by atoms with Crippen molar-refractivity contribution in [3.63, 3.8) is 0 Å². The summed E-state index contributed by atoms with van der Waals surface area (Å²) >= 11 is 0. The third-order valence-electron chi connectivity index (χ3n) is 4.44. The maximum absolute atomic E-state index is 11.8. The van der Waals surface area contributed by atoms with Crippen molar-refractivity contribution in [2.24, 2.45) is 5.41 Å². The van der Waals surface area contributed by atoms with E-state index in [1.54, 1.807) is 0 Å². The van der Waals surface area contributed by atoms with E-state index in [4.69, 9.17) is 4.74 Å². The summed E-state index contributed by atoms with van der Waals surface area (Å²) in [5.41, 5.74) is 1.02. The first-order valence-corrected chi connectivity index (χ1v) is 7.84. The van der Waals surface area contributed by atoms with E-state index < -0.39 is 0 Å². The molecule has 0 radical (unpaired) electrons. The van der Waals surface area contributed by atoms with E-state index in [0.717, 1.165) is 12.0 Å². The van der Waals surface area contributed by atoms with Gasteiger partial charge >= 0.3 is 6.03 Å². The predicted molar refractivity (Wildman–Crippen MR) is 87.8 cm³/mol. The highest BCUT2D eigenvalue weighted by atomic mass is 16.5. The molecule has 6 nitrogen and oxygen atoms in total. The standard InChI is InChI=1S/C17H25N3O3/c1-17(2)13(20-15(21)10-19-16(22)18-3)9-14(17)23-11-12-7-5-4-6-8-12/h4-8,13-14H,9-11H2,1-3H3,(H,20,21)(H2,18,19,22)/t13-,14-/m1/s1. The van der Waals surface area contributed by atoms with Crippen LogP contribution in [0.2, 0.25) is 0 Å². The second-order valence-corrected chi connectivity index (χ2v) is 6.40. The molecular formula is C17H25N3O3. The van der Waals surface area contributed by atoms with E-state index in [1.807, 2.05) is 30.3 Å². The topological polar surface area (TPSA) is 79.5 Å². The average Bonchev–Trinajstić information content (AvgIpc) is 2.56. The molecule has 126 valence electrons. The van der Waals surface area contributed by atoms with Crippen LogP contribution in [0.15, 0.2) is 30.3 Å². The molecule has 0 bridgehead atoms. The van der Waals surface area contributed by atoms with Crippen LogP contribution in [-0.4, -0.2) is 37.7 Å². The quantitative estimate of drug-likeness (QED) is 0.742. The Bertz CT molecular complexity index is 545. The van der Waals surface area contributed by atoms with Gasteiger partial charge in [-0.25, -0.2) is 4.79 Å². The van der Waals surface area contributed by atoms with Gasteiger partial charge in [-0.15, -0.1) is 0 Å². The smallest absolute Gasteiger partial charge is 0.314 e. The van der Waals surface area contributed by atoms with E-state index in [9.17, 15) is 9.59 Å². The molecule has 0 heterocycles. The normalized spacial score (nSPS) is 21.9. The number of nitrogens with one attached hydrogen (secondary N) is 3. The van der Waals surface area contributed by atoms with Gasteiger partial charge in [0, 0.05) is 18.5 Å². The van der Waals surface area contributed by atoms with Gasteiger partial charge in [0.1, 0.15) is 0 Å². The summed E-state index contributed by atoms with van der Waals surface area (Å²) in [6.07, 6.45) is 0.894. The fraction of sp³-hybridized carbons (Fsp3) is 0.529. The number of hydrogen-bond acceptors (Lipinski definition) is 3. The fourth-order valence-corrected chi connectivity index (χ4v) is 2.68. The summed E-state index contributed by atoms with van der Waals surface area (Å²) in [4.78, 5) is 22.9. The maximum atomic E-state index is 11.8. The Hall–Kier alpha value is -2.08. The van der Waals surface area contributed by atoms with Crippen LogP contribution >= 0.6 is 0 Å². The third kappa shape index (κ3) is 4.45. The monoisotopic (exact) mass is 319 g/mol. The van der Waals surface area contributed by atoms with Crippen molar-refractivity contribution >= 4 is 11.9 Å². The van der Waals surface area contributed by atoms with Gasteiger partial charge in [0.15, 0.2) is 0 Å². The molecule has 0 aliphatic heterocycles. The first-order valence-electron chi connectivity index (χ1n) is 7.84. The Morgan fingerprint density at radius 2 is 1.96 bits per heavy atom. The molecular weight excluding hydrogens is 294 g/mol. The molecule has 1 aliphatic carbocycles. The van der Waals surface area contributed by atoms with Crippen LogP contribution in [0.4, 0.5) is 4.79 Å². The number of hydrogen-bond donors (Lipinski definition) is 3. The molecule has 1 saturated carbocycles. The zero-order valence-corrected chi connectivity index (χ0v) is 13.9. The maximum Gasteiger partial charge on any atom is 0.314 e. The zero-order chi connectivity index (χ0) is 16.9. The molecule has 0 aromatic heterocycles. The minimum Gasteiger partial charge on any atom is -0.373 e. The third-order valence-corrected chi connectivity index (χ3v) is 4.44. The summed E-state index contributed by atoms with van der Waals surface area (Å²) in [5, 5.41) is 7.84. The lowest BCUT2D eigenvalue weighted by Gasteiger charge is -2.51. The lowest BCUT2D eigenvalue weighted by molar-refractivity contribution is -0.140. The van der Waals surface area contributed by atoms with Crippen LogP contribution in [0.3, 0.4) is 0 Å². The lowest BCUT2D eigenvalue weighted by Crippen LogP contribution is -2.62. The summed E-state index contributed by atoms with van der Waals surface area (Å²) < 4.78 is 5.98. The highest BCUT2D eigenvalue weighted by molar-refractivity contribution is 5.84. The van der Waals surface area contributed by atoms with E-state index in [2.05, 4.69) is 29.8 Å². The number of rotatable bonds is 6. The van der Waals surface area contributed by atoms with E-state index in [-0.39, 0.29) is 36.0 Å². The van der Waals surface area contributed by atoms with Crippen LogP contribution in [0, 0.1) is 5.41 Å². The van der Waals surface area contributed by atoms with Crippen molar-refractivity contribution in [2.75, 3.05) is 13.6 Å². The molecule has 0 unspecified atom stereocenters. The van der Waals surface area contributed by atoms with E-state index in [0.29, 0.717) is 6.61 Å². The average molecular weight is 319 g/mol. The first kappa shape index (κ1) is 17.3. The SMILES string of the molecule is CNC(=O)NCC(=O)N[C@@H]1C[C@@H](OCc2ccccc2)C1(C)C. The van der Waals surface area contributed by atoms with Crippen molar-refractivity contribution in [3.05, 3.63) is 35.9 Å². The number of carbonyl (C=O) groups excluding carboxylic acids is 2. The number of carbonyl (C=O) groups is 2. The van der Waals surface area contributed by atoms with Crippen molar-refractivity contribution in [1.82, 2.24) is 16.0 Å². The van der Waals surface area contributed by atoms with Crippen molar-refractivity contribution < 1.29 is 14.3 Å². The highest BCUT2D eigenvalue weighted by Gasteiger charge is 2.49. The van der Waals surface area contributed by atoms with Crippen molar-refractivity contribution in [2.45, 2.75) is 39.0 Å². The molecule has 0 saturated heterocycles. The Morgan fingerprint density at radius 3 is 2.57 bits per heavy atom. The van der Waals surface area contributed by atoms with E-state index >= 15 is 0 Å². The molecule has 23 heavy (non-hydrogen) atoms. The van der Waals surface area contributed by atoms with Gasteiger partial charge in [-0.3, -0.25) is 4.79 Å². The van der Waals surface area contributed by atoms with E-state index in [1.165, 1.54) is 7.05 Å². The van der Waals surface area contributed by atoms with Gasteiger partial charge in [0.05, 0.1) is 19.3 Å². The van der Waals surface area contributed by atoms with Crippen molar-refractivity contribution in [3.8, 4) is 0 Å². The number of ether oxygens (including phenoxy) is 1. The van der Waals surface area contributed by atoms with Gasteiger partial charge in [0.25, 0.3) is 0 Å². The number of benzene rings is 1. The van der Waals surface area contributed by atoms with Gasteiger partial charge < -0.3 is 20.7 Å². The molecule has 1 aromatic carbocycles. The molecule has 1 fully saturated rings. The van der Waals surface area contributed by atoms with Gasteiger partial charge in [-0.05, 0) is 12.0 Å². The molecule has 1 aromatic rings. The van der Waals surface area contributed by atoms with Crippen LogP contribution in [0.1, 0.15) is 25.8 Å². The van der Waals surface area contributed by atoms with Crippen LogP contribution in [0.5, 0.6) is 0 Å². The second kappa shape index (κ2) is 7.46. The fourth-order valence-electron chi connectivity index (χ4n) is 2.68. The number of urea groups is 1. The van der Waals surface area contributed by atoms with Crippen LogP contribution in [0.25, 0.3) is 0 Å². The zero-order valence-electron chi connectivity index (χ0n) is 13.9. The Labute approximate surface area is 137 Å². The Balaban J connectivity index is 1.75. The molecule has 3 amide bonds. The molecule has 2 rings (SSSR count). The Kier molecular flexibility index (Phi) is 5.60. The van der Waals surface area contributed by atoms with Gasteiger partial charge in [-0.2, -0.15) is 0 Å². The highest BCUT2D eigenvalue weighted by Crippen LogP contribution is 2.43. The minimum atomic E-state index is -0.364. The summed E-state index contributed by atoms with van der Waals surface area (Å²) in [6, 6.07) is 9.74. The largest absolute Gasteiger partial charge is 0.373 e. The van der Waals surface area contributed by atoms with Crippen LogP contribution in [-0.2, 0) is 16.1 Å². The predicted octanol–water partition coefficient (Wildman–Crippen LogP) is 1.42. The summed E-state index contributed by atoms with van der Waals surface area (Å²) in [7, 11) is 1.51. The van der Waals surface area contributed by atoms with Gasteiger partial charge in [0.2, 0.25) is 5.91 Å². The molecule has 1 aliphatic rings. The lowest BCUT2D eigenvalue weighted by atomic mass is 9.64. The van der Waals surface area contributed by atoms with Crippen LogP contribution < -0.4 is 16.0 Å². The Morgan fingerprint density at radius 1 is 1.26 bits per heavy atom. The number of amides is 3. The van der Waals surface area contributed by atoms with Crippen molar-refractivity contribution in [1.29, 1.82) is 0 Å². The van der Waals surface area contributed by atoms with Gasteiger partial charge in [-0.1, -0.05) is 44.2 Å². The first-order chi connectivity index (χ1) is 10.9. The molecule has 3 N–H and O–H groups in total. The summed E-state index contributed by atoms with van der Waals surface area (Å²) in [5.74, 6) is -0.187. The molecule has 0 spiro atoms. The minimum absolute atomic E-state index is 0.0260.